The summed E-state index contributed by atoms with van der Waals surface area (Å²) in [6.45, 7) is 0. The molecule has 0 amide bonds. The fourth-order valence-electron chi connectivity index (χ4n) is 2.68. The van der Waals surface area contributed by atoms with E-state index in [2.05, 4.69) is 4.18 Å². The first-order valence-electron chi connectivity index (χ1n) is 8.51. The van der Waals surface area contributed by atoms with Crippen molar-refractivity contribution in [2.75, 3.05) is 7.11 Å². The molecule has 156 valence electrons. The van der Waals surface area contributed by atoms with Gasteiger partial charge >= 0.3 is 21.6 Å². The van der Waals surface area contributed by atoms with Gasteiger partial charge in [0, 0.05) is 0 Å². The molecule has 0 N–H and O–H groups in total. The Kier molecular flexibility index (Phi) is 5.84. The Hall–Kier alpha value is -3.33. The molecule has 0 saturated carbocycles. The van der Waals surface area contributed by atoms with E-state index in [9.17, 15) is 26.4 Å². The van der Waals surface area contributed by atoms with Gasteiger partial charge in [0.1, 0.15) is 5.75 Å². The van der Waals surface area contributed by atoms with Gasteiger partial charge in [-0.1, -0.05) is 48.5 Å². The molecule has 0 aliphatic carbocycles. The minimum atomic E-state index is -5.71. The Morgan fingerprint density at radius 1 is 0.800 bits per heavy atom. The number of rotatable bonds is 5. The Balaban J connectivity index is 1.79. The largest absolute Gasteiger partial charge is 0.534 e. The second-order valence-corrected chi connectivity index (χ2v) is 7.70. The lowest BCUT2D eigenvalue weighted by Gasteiger charge is -2.10. The van der Waals surface area contributed by atoms with E-state index in [4.69, 9.17) is 4.74 Å². The molecule has 0 bridgehead atoms. The van der Waals surface area contributed by atoms with Gasteiger partial charge in [-0.2, -0.15) is 21.6 Å². The molecule has 0 spiro atoms. The van der Waals surface area contributed by atoms with Crippen LogP contribution in [0.5, 0.6) is 5.75 Å². The van der Waals surface area contributed by atoms with Crippen molar-refractivity contribution in [1.82, 2.24) is 0 Å². The monoisotopic (exact) mass is 436 g/mol. The SMILES string of the molecule is COC(=O)c1cccc(-c2ccc(-c3ccc(OS(=O)(=O)C(F)(F)F)cc3)cc2)c1. The van der Waals surface area contributed by atoms with E-state index in [0.717, 1.165) is 28.8 Å². The summed E-state index contributed by atoms with van der Waals surface area (Å²) in [6, 6.07) is 19.4. The standard InChI is InChI=1S/C21H15F3O5S/c1-28-20(25)18-4-2-3-17(13-18)16-7-5-14(6-8-16)15-9-11-19(12-10-15)29-30(26,27)21(22,23)24/h2-13H,1H3. The Labute approximate surface area is 170 Å². The number of hydrogen-bond acceptors (Lipinski definition) is 5. The number of carbonyl (C=O) groups is 1. The summed E-state index contributed by atoms with van der Waals surface area (Å²) in [5.74, 6) is -0.879. The van der Waals surface area contributed by atoms with Gasteiger partial charge in [-0.15, -0.1) is 0 Å². The number of ether oxygens (including phenoxy) is 1. The number of esters is 1. The number of halogens is 3. The summed E-state index contributed by atoms with van der Waals surface area (Å²) in [6.07, 6.45) is 0. The third-order valence-electron chi connectivity index (χ3n) is 4.18. The van der Waals surface area contributed by atoms with Gasteiger partial charge in [0.05, 0.1) is 12.7 Å². The minimum absolute atomic E-state index is 0.420. The number of benzene rings is 3. The van der Waals surface area contributed by atoms with Crippen molar-refractivity contribution < 1.29 is 35.3 Å². The van der Waals surface area contributed by atoms with Crippen LogP contribution < -0.4 is 4.18 Å². The van der Waals surface area contributed by atoms with E-state index < -0.39 is 27.3 Å². The highest BCUT2D eigenvalue weighted by Gasteiger charge is 2.48. The molecule has 0 fully saturated rings. The highest BCUT2D eigenvalue weighted by molar-refractivity contribution is 7.88. The summed E-state index contributed by atoms with van der Waals surface area (Å²) < 4.78 is 68.1. The van der Waals surface area contributed by atoms with Crippen LogP contribution in [0.25, 0.3) is 22.3 Å². The molecule has 0 heterocycles. The molecular weight excluding hydrogens is 421 g/mol. The summed E-state index contributed by atoms with van der Waals surface area (Å²) in [5, 5.41) is 0. The van der Waals surface area contributed by atoms with Crippen molar-refractivity contribution in [3.63, 3.8) is 0 Å². The van der Waals surface area contributed by atoms with Crippen molar-refractivity contribution >= 4 is 16.1 Å². The summed E-state index contributed by atoms with van der Waals surface area (Å²) in [4.78, 5) is 11.7. The first-order chi connectivity index (χ1) is 14.1. The fourth-order valence-corrected chi connectivity index (χ4v) is 3.13. The van der Waals surface area contributed by atoms with Crippen molar-refractivity contribution in [3.8, 4) is 28.0 Å². The lowest BCUT2D eigenvalue weighted by molar-refractivity contribution is -0.0500. The molecule has 3 rings (SSSR count). The van der Waals surface area contributed by atoms with Crippen LogP contribution in [-0.2, 0) is 14.9 Å². The van der Waals surface area contributed by atoms with Gasteiger partial charge in [0.2, 0.25) is 0 Å². The lowest BCUT2D eigenvalue weighted by Crippen LogP contribution is -2.28. The van der Waals surface area contributed by atoms with Crippen LogP contribution in [0.15, 0.2) is 72.8 Å². The van der Waals surface area contributed by atoms with E-state index in [-0.39, 0.29) is 0 Å². The topological polar surface area (TPSA) is 69.7 Å². The predicted molar refractivity (Wildman–Crippen MR) is 104 cm³/mol. The molecule has 0 radical (unpaired) electrons. The molecule has 5 nitrogen and oxygen atoms in total. The maximum atomic E-state index is 12.4. The van der Waals surface area contributed by atoms with E-state index in [1.807, 2.05) is 18.2 Å². The van der Waals surface area contributed by atoms with Crippen LogP contribution in [0.1, 0.15) is 10.4 Å². The molecular formula is C21H15F3O5S. The summed E-state index contributed by atoms with van der Waals surface area (Å²) in [7, 11) is -4.40. The second kappa shape index (κ2) is 8.19. The van der Waals surface area contributed by atoms with Crippen LogP contribution in [0.3, 0.4) is 0 Å². The highest BCUT2D eigenvalue weighted by atomic mass is 32.2. The molecule has 0 aliphatic heterocycles. The van der Waals surface area contributed by atoms with Gasteiger partial charge in [0.25, 0.3) is 0 Å². The maximum Gasteiger partial charge on any atom is 0.534 e. The number of hydrogen-bond donors (Lipinski definition) is 0. The van der Waals surface area contributed by atoms with Gasteiger partial charge in [0.15, 0.2) is 0 Å². The zero-order valence-electron chi connectivity index (χ0n) is 15.5. The van der Waals surface area contributed by atoms with Gasteiger partial charge < -0.3 is 8.92 Å². The summed E-state index contributed by atoms with van der Waals surface area (Å²) >= 11 is 0. The molecule has 0 aromatic heterocycles. The lowest BCUT2D eigenvalue weighted by atomic mass is 9.99. The van der Waals surface area contributed by atoms with Crippen molar-refractivity contribution in [2.24, 2.45) is 0 Å². The van der Waals surface area contributed by atoms with Gasteiger partial charge in [-0.3, -0.25) is 0 Å². The molecule has 9 heteroatoms. The highest BCUT2D eigenvalue weighted by Crippen LogP contribution is 2.30. The molecule has 0 atom stereocenters. The first-order valence-corrected chi connectivity index (χ1v) is 9.91. The van der Waals surface area contributed by atoms with Crippen molar-refractivity contribution in [1.29, 1.82) is 0 Å². The van der Waals surface area contributed by atoms with Crippen LogP contribution in [0, 0.1) is 0 Å². The number of carbonyl (C=O) groups excluding carboxylic acids is 1. The normalized spacial score (nSPS) is 11.7. The van der Waals surface area contributed by atoms with E-state index in [1.54, 1.807) is 30.3 Å². The quantitative estimate of drug-likeness (QED) is 0.319. The molecule has 0 aliphatic rings. The van der Waals surface area contributed by atoms with Gasteiger partial charge in [-0.25, -0.2) is 4.79 Å². The summed E-state index contributed by atoms with van der Waals surface area (Å²) in [5.41, 5.74) is -2.00. The van der Waals surface area contributed by atoms with Crippen LogP contribution >= 0.6 is 0 Å². The van der Waals surface area contributed by atoms with Crippen LogP contribution in [0.4, 0.5) is 13.2 Å². The molecule has 0 saturated heterocycles. The molecule has 0 unspecified atom stereocenters. The average molecular weight is 436 g/mol. The number of methoxy groups -OCH3 is 1. The number of alkyl halides is 3. The first kappa shape index (κ1) is 21.4. The van der Waals surface area contributed by atoms with Gasteiger partial charge in [-0.05, 0) is 46.5 Å². The Bertz CT molecular complexity index is 1150. The van der Waals surface area contributed by atoms with Crippen LogP contribution in [-0.4, -0.2) is 27.0 Å². The zero-order chi connectivity index (χ0) is 21.9. The second-order valence-electron chi connectivity index (χ2n) is 6.16. The zero-order valence-corrected chi connectivity index (χ0v) is 16.3. The molecule has 3 aromatic carbocycles. The van der Waals surface area contributed by atoms with Crippen molar-refractivity contribution in [3.05, 3.63) is 78.4 Å². The molecule has 30 heavy (non-hydrogen) atoms. The molecule has 3 aromatic rings. The Morgan fingerprint density at radius 2 is 1.30 bits per heavy atom. The van der Waals surface area contributed by atoms with E-state index >= 15 is 0 Å². The average Bonchev–Trinajstić information content (AvgIpc) is 2.73. The fraction of sp³-hybridized carbons (Fsp3) is 0.0952. The third kappa shape index (κ3) is 4.62. The third-order valence-corrected chi connectivity index (χ3v) is 5.16. The Morgan fingerprint density at radius 3 is 1.80 bits per heavy atom. The van der Waals surface area contributed by atoms with E-state index in [0.29, 0.717) is 11.1 Å². The minimum Gasteiger partial charge on any atom is -0.465 e. The van der Waals surface area contributed by atoms with E-state index in [1.165, 1.54) is 19.2 Å². The van der Waals surface area contributed by atoms with Crippen LogP contribution in [0.2, 0.25) is 0 Å². The van der Waals surface area contributed by atoms with Crippen molar-refractivity contribution in [2.45, 2.75) is 5.51 Å². The smallest absolute Gasteiger partial charge is 0.465 e. The maximum absolute atomic E-state index is 12.4. The predicted octanol–water partition coefficient (Wildman–Crippen LogP) is 5.04.